The topological polar surface area (TPSA) is 84.7 Å². The summed E-state index contributed by atoms with van der Waals surface area (Å²) in [4.78, 5) is 20.6. The summed E-state index contributed by atoms with van der Waals surface area (Å²) in [6.45, 7) is 3.27. The van der Waals surface area contributed by atoms with Crippen molar-refractivity contribution < 1.29 is 4.79 Å². The second kappa shape index (κ2) is 7.44. The average Bonchev–Trinajstić information content (AvgIpc) is 3.37. The summed E-state index contributed by atoms with van der Waals surface area (Å²) in [5.41, 5.74) is 5.71. The maximum atomic E-state index is 11.7. The molecule has 0 atom stereocenters. The van der Waals surface area contributed by atoms with E-state index in [1.165, 1.54) is 0 Å². The summed E-state index contributed by atoms with van der Waals surface area (Å²) >= 11 is 0. The van der Waals surface area contributed by atoms with Crippen LogP contribution in [0.2, 0.25) is 0 Å². The number of hydrogen-bond donors (Lipinski definition) is 2. The van der Waals surface area contributed by atoms with Crippen molar-refractivity contribution >= 4 is 17.5 Å². The molecule has 2 aromatic heterocycles. The lowest BCUT2D eigenvalue weighted by Crippen LogP contribution is -2.12. The van der Waals surface area contributed by atoms with Gasteiger partial charge in [0, 0.05) is 42.3 Å². The molecule has 148 valence electrons. The largest absolute Gasteiger partial charge is 0.348 e. The van der Waals surface area contributed by atoms with Gasteiger partial charge >= 0.3 is 0 Å². The molecule has 2 N–H and O–H groups in total. The molecule has 0 radical (unpaired) electrons. The number of fused-ring (bicyclic) bond motifs is 1. The number of benzene rings is 2. The molecule has 1 amide bonds. The van der Waals surface area contributed by atoms with Crippen molar-refractivity contribution in [3.63, 3.8) is 0 Å². The summed E-state index contributed by atoms with van der Waals surface area (Å²) in [7, 11) is 0. The Labute approximate surface area is 173 Å². The molecule has 0 bridgehead atoms. The molecule has 7 nitrogen and oxygen atoms in total. The van der Waals surface area contributed by atoms with Crippen LogP contribution in [0, 0.1) is 0 Å². The summed E-state index contributed by atoms with van der Waals surface area (Å²) < 4.78 is 1.83. The standard InChI is InChI=1S/C23H20N6O/c1-2-29-23(26-19-9-10-20-18(12-19)14-25-22(20)30)27-21(28-29)16-7-5-15(6-8-16)17-4-3-11-24-13-17/h3-13H,2,14H2,1H3,(H,25,30)(H,26,27,28). The maximum Gasteiger partial charge on any atom is 0.251 e. The molecule has 0 spiro atoms. The van der Waals surface area contributed by atoms with E-state index in [-0.39, 0.29) is 5.91 Å². The first kappa shape index (κ1) is 18.1. The van der Waals surface area contributed by atoms with Crippen LogP contribution in [0.4, 0.5) is 11.6 Å². The van der Waals surface area contributed by atoms with Crippen LogP contribution in [-0.4, -0.2) is 25.7 Å². The van der Waals surface area contributed by atoms with Crippen LogP contribution >= 0.6 is 0 Å². The quantitative estimate of drug-likeness (QED) is 0.532. The number of nitrogens with one attached hydrogen (secondary N) is 2. The van der Waals surface area contributed by atoms with E-state index in [2.05, 4.69) is 32.8 Å². The smallest absolute Gasteiger partial charge is 0.251 e. The van der Waals surface area contributed by atoms with E-state index < -0.39 is 0 Å². The van der Waals surface area contributed by atoms with Crippen molar-refractivity contribution in [2.45, 2.75) is 20.0 Å². The third-order valence-electron chi connectivity index (χ3n) is 5.15. The molecule has 2 aromatic carbocycles. The molecule has 30 heavy (non-hydrogen) atoms. The Morgan fingerprint density at radius 2 is 1.90 bits per heavy atom. The van der Waals surface area contributed by atoms with E-state index in [0.29, 0.717) is 24.9 Å². The Kier molecular flexibility index (Phi) is 4.48. The zero-order chi connectivity index (χ0) is 20.5. The van der Waals surface area contributed by atoms with Crippen molar-refractivity contribution in [3.8, 4) is 22.5 Å². The lowest BCUT2D eigenvalue weighted by molar-refractivity contribution is 0.0966. The van der Waals surface area contributed by atoms with Crippen LogP contribution in [0.25, 0.3) is 22.5 Å². The third-order valence-corrected chi connectivity index (χ3v) is 5.15. The molecule has 3 heterocycles. The van der Waals surface area contributed by atoms with Gasteiger partial charge in [0.2, 0.25) is 5.95 Å². The molecule has 1 aliphatic rings. The number of hydrogen-bond acceptors (Lipinski definition) is 5. The van der Waals surface area contributed by atoms with Crippen molar-refractivity contribution in [1.82, 2.24) is 25.1 Å². The van der Waals surface area contributed by atoms with Crippen LogP contribution in [0.3, 0.4) is 0 Å². The highest BCUT2D eigenvalue weighted by Crippen LogP contribution is 2.26. The molecule has 7 heteroatoms. The van der Waals surface area contributed by atoms with Gasteiger partial charge in [0.1, 0.15) is 0 Å². The Morgan fingerprint density at radius 3 is 2.67 bits per heavy atom. The van der Waals surface area contributed by atoms with Crippen LogP contribution in [-0.2, 0) is 13.1 Å². The Bertz CT molecular complexity index is 1210. The predicted molar refractivity (Wildman–Crippen MR) is 115 cm³/mol. The van der Waals surface area contributed by atoms with Gasteiger partial charge in [-0.2, -0.15) is 4.98 Å². The van der Waals surface area contributed by atoms with Gasteiger partial charge in [-0.05, 0) is 47.9 Å². The molecule has 0 fully saturated rings. The molecule has 0 saturated carbocycles. The Balaban J connectivity index is 1.41. The van der Waals surface area contributed by atoms with E-state index in [9.17, 15) is 4.79 Å². The van der Waals surface area contributed by atoms with Crippen molar-refractivity contribution in [3.05, 3.63) is 78.1 Å². The first-order chi connectivity index (χ1) is 14.7. The number of rotatable bonds is 5. The maximum absolute atomic E-state index is 11.7. The van der Waals surface area contributed by atoms with E-state index >= 15 is 0 Å². The molecule has 1 aliphatic heterocycles. The number of carbonyl (C=O) groups is 1. The summed E-state index contributed by atoms with van der Waals surface area (Å²) in [5, 5.41) is 10.8. The normalized spacial score (nSPS) is 12.5. The monoisotopic (exact) mass is 396 g/mol. The van der Waals surface area contributed by atoms with Gasteiger partial charge in [-0.25, -0.2) is 4.68 Å². The van der Waals surface area contributed by atoms with Crippen LogP contribution in [0.5, 0.6) is 0 Å². The van der Waals surface area contributed by atoms with Gasteiger partial charge in [0.05, 0.1) is 0 Å². The van der Waals surface area contributed by atoms with Crippen LogP contribution in [0.15, 0.2) is 67.0 Å². The van der Waals surface area contributed by atoms with Crippen molar-refractivity contribution in [2.75, 3.05) is 5.32 Å². The first-order valence-corrected chi connectivity index (χ1v) is 9.85. The Morgan fingerprint density at radius 1 is 1.07 bits per heavy atom. The van der Waals surface area contributed by atoms with Crippen molar-refractivity contribution in [2.24, 2.45) is 0 Å². The van der Waals surface area contributed by atoms with Gasteiger partial charge < -0.3 is 10.6 Å². The lowest BCUT2D eigenvalue weighted by Gasteiger charge is -2.07. The minimum absolute atomic E-state index is 0.0229. The molecule has 0 unspecified atom stereocenters. The SMILES string of the molecule is CCn1nc(-c2ccc(-c3cccnc3)cc2)nc1Nc1ccc2c(c1)CNC2=O. The second-order valence-electron chi connectivity index (χ2n) is 7.07. The van der Waals surface area contributed by atoms with E-state index in [0.717, 1.165) is 33.5 Å². The molecule has 4 aromatic rings. The fourth-order valence-corrected chi connectivity index (χ4v) is 3.56. The second-order valence-corrected chi connectivity index (χ2v) is 7.07. The zero-order valence-electron chi connectivity index (χ0n) is 16.5. The van der Waals surface area contributed by atoms with Gasteiger partial charge in [-0.15, -0.1) is 5.10 Å². The minimum atomic E-state index is -0.0229. The molecule has 5 rings (SSSR count). The summed E-state index contributed by atoms with van der Waals surface area (Å²) in [6.07, 6.45) is 3.61. The van der Waals surface area contributed by atoms with E-state index in [1.807, 2.05) is 60.3 Å². The average molecular weight is 396 g/mol. The highest BCUT2D eigenvalue weighted by atomic mass is 16.1. The molecular formula is C23H20N6O. The van der Waals surface area contributed by atoms with Gasteiger partial charge in [0.25, 0.3) is 5.91 Å². The summed E-state index contributed by atoms with van der Waals surface area (Å²) in [6, 6.07) is 17.8. The number of aryl methyl sites for hydroxylation is 1. The molecule has 0 aliphatic carbocycles. The van der Waals surface area contributed by atoms with Crippen molar-refractivity contribution in [1.29, 1.82) is 0 Å². The van der Waals surface area contributed by atoms with Crippen LogP contribution in [0.1, 0.15) is 22.8 Å². The third kappa shape index (κ3) is 3.30. The molecule has 0 saturated heterocycles. The molecular weight excluding hydrogens is 376 g/mol. The van der Waals surface area contributed by atoms with E-state index in [1.54, 1.807) is 6.20 Å². The highest BCUT2D eigenvalue weighted by molar-refractivity contribution is 5.98. The number of amides is 1. The fraction of sp³-hybridized carbons (Fsp3) is 0.130. The fourth-order valence-electron chi connectivity index (χ4n) is 3.56. The van der Waals surface area contributed by atoms with E-state index in [4.69, 9.17) is 4.98 Å². The lowest BCUT2D eigenvalue weighted by atomic mass is 10.1. The number of pyridine rings is 1. The Hall–Kier alpha value is -4.00. The van der Waals surface area contributed by atoms with Gasteiger partial charge in [-0.1, -0.05) is 30.3 Å². The summed E-state index contributed by atoms with van der Waals surface area (Å²) in [5.74, 6) is 1.31. The zero-order valence-corrected chi connectivity index (χ0v) is 16.5. The van der Waals surface area contributed by atoms with Crippen LogP contribution < -0.4 is 10.6 Å². The predicted octanol–water partition coefficient (Wildman–Crippen LogP) is 4.01. The number of carbonyl (C=O) groups excluding carboxylic acids is 1. The number of aromatic nitrogens is 4. The number of nitrogens with zero attached hydrogens (tertiary/aromatic N) is 4. The van der Waals surface area contributed by atoms with Gasteiger partial charge in [0.15, 0.2) is 5.82 Å². The number of anilines is 2. The minimum Gasteiger partial charge on any atom is -0.348 e. The highest BCUT2D eigenvalue weighted by Gasteiger charge is 2.19. The first-order valence-electron chi connectivity index (χ1n) is 9.85. The van der Waals surface area contributed by atoms with Gasteiger partial charge in [-0.3, -0.25) is 9.78 Å².